The molecule has 0 atom stereocenters. The third kappa shape index (κ3) is 7.80. The van der Waals surface area contributed by atoms with E-state index in [9.17, 15) is 133 Å². The van der Waals surface area contributed by atoms with E-state index in [1.807, 2.05) is 0 Å². The number of aliphatic carboxylic acids is 2. The van der Waals surface area contributed by atoms with E-state index < -0.39 is 140 Å². The summed E-state index contributed by atoms with van der Waals surface area (Å²) in [5, 5.41) is 11.2. The highest BCUT2D eigenvalue weighted by atomic mass is 32.2. The molecule has 0 radical (unpaired) electrons. The Morgan fingerprint density at radius 1 is 0.536 bits per heavy atom. The molecule has 34 heteroatoms. The van der Waals surface area contributed by atoms with E-state index in [1.165, 1.54) is 0 Å². The van der Waals surface area contributed by atoms with Gasteiger partial charge in [0.25, 0.3) is 10.0 Å². The topological polar surface area (TPSA) is 115 Å². The first kappa shape index (κ1) is 53.1. The molecule has 0 saturated heterocycles. The van der Waals surface area contributed by atoms with E-state index in [1.54, 1.807) is 0 Å². The van der Waals surface area contributed by atoms with Crippen molar-refractivity contribution in [3.8, 4) is 0 Å². The van der Waals surface area contributed by atoms with Gasteiger partial charge in [-0.25, -0.2) is 8.42 Å². The lowest BCUT2D eigenvalue weighted by Crippen LogP contribution is -2.78. The molecule has 8 nitrogen and oxygen atoms in total. The fourth-order valence-electron chi connectivity index (χ4n) is 3.94. The summed E-state index contributed by atoms with van der Waals surface area (Å²) in [7, 11) is -6.19. The smallest absolute Gasteiger partial charge is 0.460 e. The van der Waals surface area contributed by atoms with Gasteiger partial charge in [-0.3, -0.25) is 4.79 Å². The maximum atomic E-state index is 14.7. The van der Waals surface area contributed by atoms with Crippen LogP contribution in [0.5, 0.6) is 0 Å². The Labute approximate surface area is 293 Å². The summed E-state index contributed by atoms with van der Waals surface area (Å²) in [6.45, 7) is -5.83. The Kier molecular flexibility index (Phi) is 13.9. The molecule has 0 aromatic carbocycles. The average molecular weight is 914 g/mol. The number of carbonyl (C=O) groups is 2. The minimum absolute atomic E-state index is 0.817. The number of hydrogen-bond donors (Lipinski definition) is 1. The lowest BCUT2D eigenvalue weighted by atomic mass is 9.85. The first-order valence-electron chi connectivity index (χ1n) is 13.4. The zero-order valence-electron chi connectivity index (χ0n) is 26.5. The number of sulfonamides is 1. The summed E-state index contributed by atoms with van der Waals surface area (Å²) in [6.07, 6.45) is -11.3. The van der Waals surface area contributed by atoms with Crippen LogP contribution >= 0.6 is 0 Å². The Bertz CT molecular complexity index is 1560. The number of carboxylic acids is 2. The molecule has 0 saturated carbocycles. The summed E-state index contributed by atoms with van der Waals surface area (Å²) < 4.78 is 366. The molecule has 0 aromatic rings. The number of quaternary nitrogens is 1. The molecule has 0 aliphatic rings. The predicted octanol–water partition coefficient (Wildman–Crippen LogP) is 5.82. The van der Waals surface area contributed by atoms with Gasteiger partial charge in [0.1, 0.15) is 6.54 Å². The third-order valence-corrected chi connectivity index (χ3v) is 9.19. The highest BCUT2D eigenvalue weighted by Crippen LogP contribution is 2.68. The molecule has 0 heterocycles. The molecule has 0 rings (SSSR count). The van der Waals surface area contributed by atoms with Crippen molar-refractivity contribution in [2.45, 2.75) is 83.5 Å². The number of halogens is 25. The van der Waals surface area contributed by atoms with Crippen molar-refractivity contribution in [2.75, 3.05) is 40.3 Å². The number of nitrogens with zero attached hydrogens (tertiary/aromatic N) is 2. The number of likely N-dealkylation sites (N-methyl/N-ethyl adjacent to an activating group) is 1. The highest BCUT2D eigenvalue weighted by Gasteiger charge is 3.00. The van der Waals surface area contributed by atoms with Crippen LogP contribution < -0.4 is 5.11 Å². The van der Waals surface area contributed by atoms with Crippen LogP contribution in [-0.4, -0.2) is 145 Å². The van der Waals surface area contributed by atoms with E-state index in [4.69, 9.17) is 5.11 Å². The van der Waals surface area contributed by atoms with Crippen molar-refractivity contribution >= 4 is 22.0 Å². The lowest BCUT2D eigenvalue weighted by Gasteiger charge is -2.45. The summed E-state index contributed by atoms with van der Waals surface area (Å²) in [6, 6.07) is 0. The van der Waals surface area contributed by atoms with Gasteiger partial charge >= 0.3 is 76.6 Å². The summed E-state index contributed by atoms with van der Waals surface area (Å²) >= 11 is 0. The van der Waals surface area contributed by atoms with Gasteiger partial charge in [0.15, 0.2) is 0 Å². The molecule has 0 bridgehead atoms. The summed E-state index contributed by atoms with van der Waals surface area (Å²) in [5.74, 6) is -99.0. The second kappa shape index (κ2) is 14.7. The van der Waals surface area contributed by atoms with Gasteiger partial charge in [-0.2, -0.15) is 114 Å². The zero-order chi connectivity index (χ0) is 46.0. The maximum absolute atomic E-state index is 14.7. The molecule has 0 amide bonds. The molecule has 0 fully saturated rings. The van der Waals surface area contributed by atoms with Crippen LogP contribution in [0.25, 0.3) is 0 Å². The molecule has 0 unspecified atom stereocenters. The van der Waals surface area contributed by atoms with Gasteiger partial charge in [0.2, 0.25) is 0 Å². The molecule has 0 aromatic heterocycles. The average Bonchev–Trinajstić information content (AvgIpc) is 2.95. The minimum atomic E-state index is -9.85. The summed E-state index contributed by atoms with van der Waals surface area (Å²) in [5.41, 5.74) is 0. The Morgan fingerprint density at radius 2 is 0.821 bits per heavy atom. The van der Waals surface area contributed by atoms with E-state index in [0.29, 0.717) is 0 Å². The number of carbonyl (C=O) groups excluding carboxylic acids is 1. The zero-order valence-corrected chi connectivity index (χ0v) is 27.3. The van der Waals surface area contributed by atoms with Gasteiger partial charge in [-0.05, 0) is 0 Å². The van der Waals surface area contributed by atoms with Crippen molar-refractivity contribution in [2.24, 2.45) is 0 Å². The molecule has 334 valence electrons. The number of hydrogen-bond acceptors (Lipinski definition) is 5. The fraction of sp³-hybridized carbons (Fsp3) is 0.909. The molecule has 0 aliphatic heterocycles. The Hall–Kier alpha value is -2.94. The van der Waals surface area contributed by atoms with Crippen LogP contribution in [0.4, 0.5) is 110 Å². The lowest BCUT2D eigenvalue weighted by molar-refractivity contribution is -0.884. The van der Waals surface area contributed by atoms with Crippen LogP contribution in [-0.2, 0) is 19.6 Å². The molecule has 1 N–H and O–H groups in total. The number of rotatable bonds is 21. The number of carboxylic acid groups (broad SMARTS) is 2. The van der Waals surface area contributed by atoms with Gasteiger partial charge in [-0.15, -0.1) is 0 Å². The second-order valence-electron chi connectivity index (χ2n) is 11.8. The van der Waals surface area contributed by atoms with Crippen molar-refractivity contribution < 1.29 is 142 Å². The molecule has 56 heavy (non-hydrogen) atoms. The maximum Gasteiger partial charge on any atom is 0.460 e. The van der Waals surface area contributed by atoms with Crippen molar-refractivity contribution in [1.29, 1.82) is 0 Å². The van der Waals surface area contributed by atoms with E-state index in [0.717, 1.165) is 14.1 Å². The number of alkyl halides is 25. The first-order chi connectivity index (χ1) is 23.9. The van der Waals surface area contributed by atoms with Crippen LogP contribution in [0.3, 0.4) is 0 Å². The largest absolute Gasteiger partial charge is 0.544 e. The molecular formula is C22H19F25N2O6S. The van der Waals surface area contributed by atoms with Crippen molar-refractivity contribution in [3.63, 3.8) is 0 Å². The minimum Gasteiger partial charge on any atom is -0.544 e. The van der Waals surface area contributed by atoms with Crippen molar-refractivity contribution in [3.05, 3.63) is 0 Å². The van der Waals surface area contributed by atoms with E-state index in [-0.39, 0.29) is 0 Å². The third-order valence-electron chi connectivity index (χ3n) is 7.24. The predicted molar refractivity (Wildman–Crippen MR) is 125 cm³/mol. The highest BCUT2D eigenvalue weighted by molar-refractivity contribution is 7.90. The van der Waals surface area contributed by atoms with Gasteiger partial charge in [0.05, 0.1) is 33.0 Å². The fourth-order valence-corrected chi connectivity index (χ4v) is 5.42. The van der Waals surface area contributed by atoms with Gasteiger partial charge in [0, 0.05) is 19.5 Å². The molecular weight excluding hydrogens is 895 g/mol. The second-order valence-corrected chi connectivity index (χ2v) is 13.8. The van der Waals surface area contributed by atoms with Crippen LogP contribution in [0.2, 0.25) is 0 Å². The van der Waals surface area contributed by atoms with E-state index in [2.05, 4.69) is 0 Å². The standard InChI is InChI=1S/C22H19F25N2O6S/c1-49(2,8-10(52)53)7-3-5-48(6-4-9(50)51)56(54,55)22(46,47)20(41,42)18(37,38)16(33,34)14(29,30)12(25,26)11(23,24)13(27,28)15(31,32)17(35,36)19(39,40)21(43,44)45/h3-8H2,1-2H3,(H-,50,51,52,53). The Morgan fingerprint density at radius 3 is 1.09 bits per heavy atom. The van der Waals surface area contributed by atoms with Crippen LogP contribution in [0.15, 0.2) is 0 Å². The van der Waals surface area contributed by atoms with Crippen LogP contribution in [0.1, 0.15) is 12.8 Å². The first-order valence-corrected chi connectivity index (χ1v) is 14.8. The summed E-state index contributed by atoms with van der Waals surface area (Å²) in [4.78, 5) is 21.5. The van der Waals surface area contributed by atoms with Crippen molar-refractivity contribution in [1.82, 2.24) is 4.31 Å². The monoisotopic (exact) mass is 914 g/mol. The normalized spacial score (nSPS) is 16.1. The van der Waals surface area contributed by atoms with Gasteiger partial charge < -0.3 is 19.5 Å². The molecule has 0 aliphatic carbocycles. The van der Waals surface area contributed by atoms with Crippen LogP contribution in [0, 0.1) is 0 Å². The molecule has 0 spiro atoms. The Balaban J connectivity index is 7.47. The SMILES string of the molecule is C[N+](C)(CCCN(CCC(=O)O)S(=O)(=O)C(F)(F)C(F)(F)C(F)(F)C(F)(F)C(F)(F)C(F)(F)C(F)(F)C(F)(F)C(F)(F)C(F)(F)C(F)(F)C(F)(F)F)CC(=O)[O-]. The van der Waals surface area contributed by atoms with Gasteiger partial charge in [-0.1, -0.05) is 0 Å². The van der Waals surface area contributed by atoms with E-state index >= 15 is 0 Å². The quantitative estimate of drug-likeness (QED) is 0.115.